The fourth-order valence-electron chi connectivity index (χ4n) is 2.05. The van der Waals surface area contributed by atoms with E-state index in [0.29, 0.717) is 17.6 Å². The Morgan fingerprint density at radius 3 is 2.59 bits per heavy atom. The summed E-state index contributed by atoms with van der Waals surface area (Å²) in [5, 5.41) is 10.7. The van der Waals surface area contributed by atoms with Gasteiger partial charge < -0.3 is 9.52 Å². The standard InChI is InChI=1S/C14H16O3/c1-4-5-11-12(15)7-6-10-8(2)9(3)14(16)17-13(10)11/h6-7,15H,4-5H2,1-3H3. The van der Waals surface area contributed by atoms with Crippen LogP contribution in [-0.4, -0.2) is 5.11 Å². The number of fused-ring (bicyclic) bond motifs is 1. The average Bonchev–Trinajstić information content (AvgIpc) is 2.30. The first kappa shape index (κ1) is 11.7. The minimum Gasteiger partial charge on any atom is -0.508 e. The Balaban J connectivity index is 2.90. The van der Waals surface area contributed by atoms with Crippen LogP contribution in [0.2, 0.25) is 0 Å². The predicted octanol–water partition coefficient (Wildman–Crippen LogP) is 3.07. The lowest BCUT2D eigenvalue weighted by molar-refractivity contribution is 0.464. The number of hydrogen-bond acceptors (Lipinski definition) is 3. The monoisotopic (exact) mass is 232 g/mol. The van der Waals surface area contributed by atoms with Gasteiger partial charge in [0.05, 0.1) is 0 Å². The van der Waals surface area contributed by atoms with Gasteiger partial charge in [0.2, 0.25) is 0 Å². The van der Waals surface area contributed by atoms with E-state index in [1.165, 1.54) is 0 Å². The van der Waals surface area contributed by atoms with Crippen molar-refractivity contribution >= 4 is 11.0 Å². The number of rotatable bonds is 2. The molecule has 3 nitrogen and oxygen atoms in total. The fourth-order valence-corrected chi connectivity index (χ4v) is 2.05. The fraction of sp³-hybridized carbons (Fsp3) is 0.357. The Bertz CT molecular complexity index is 623. The number of phenolic OH excluding ortho intramolecular Hbond substituents is 1. The second-order valence-corrected chi connectivity index (χ2v) is 4.33. The second-order valence-electron chi connectivity index (χ2n) is 4.33. The van der Waals surface area contributed by atoms with Gasteiger partial charge in [-0.25, -0.2) is 4.79 Å². The topological polar surface area (TPSA) is 50.4 Å². The summed E-state index contributed by atoms with van der Waals surface area (Å²) in [6.07, 6.45) is 1.60. The molecule has 0 aliphatic carbocycles. The van der Waals surface area contributed by atoms with E-state index in [-0.39, 0.29) is 11.4 Å². The summed E-state index contributed by atoms with van der Waals surface area (Å²) in [7, 11) is 0. The number of aromatic hydroxyl groups is 1. The zero-order valence-corrected chi connectivity index (χ0v) is 10.3. The van der Waals surface area contributed by atoms with E-state index in [9.17, 15) is 9.90 Å². The molecule has 0 spiro atoms. The maximum absolute atomic E-state index is 11.7. The molecule has 1 N–H and O–H groups in total. The second kappa shape index (κ2) is 4.24. The molecule has 0 unspecified atom stereocenters. The zero-order chi connectivity index (χ0) is 12.6. The third kappa shape index (κ3) is 1.82. The highest BCUT2D eigenvalue weighted by Crippen LogP contribution is 2.29. The number of benzene rings is 1. The van der Waals surface area contributed by atoms with Crippen LogP contribution in [0, 0.1) is 13.8 Å². The van der Waals surface area contributed by atoms with Crippen LogP contribution in [0.1, 0.15) is 30.0 Å². The number of phenols is 1. The van der Waals surface area contributed by atoms with Gasteiger partial charge in [0, 0.05) is 16.5 Å². The van der Waals surface area contributed by atoms with Crippen LogP contribution in [0.25, 0.3) is 11.0 Å². The molecule has 0 aliphatic heterocycles. The quantitative estimate of drug-likeness (QED) is 0.809. The highest BCUT2D eigenvalue weighted by atomic mass is 16.4. The van der Waals surface area contributed by atoms with Gasteiger partial charge >= 0.3 is 5.63 Å². The normalized spacial score (nSPS) is 11.0. The lowest BCUT2D eigenvalue weighted by Gasteiger charge is -2.09. The van der Waals surface area contributed by atoms with Gasteiger partial charge in [-0.2, -0.15) is 0 Å². The lowest BCUT2D eigenvalue weighted by atomic mass is 10.0. The van der Waals surface area contributed by atoms with Crippen LogP contribution >= 0.6 is 0 Å². The van der Waals surface area contributed by atoms with Crippen molar-refractivity contribution in [2.45, 2.75) is 33.6 Å². The smallest absolute Gasteiger partial charge is 0.339 e. The van der Waals surface area contributed by atoms with Crippen LogP contribution in [-0.2, 0) is 6.42 Å². The van der Waals surface area contributed by atoms with Crippen molar-refractivity contribution in [3.8, 4) is 5.75 Å². The molecular formula is C14H16O3. The molecule has 1 aromatic carbocycles. The van der Waals surface area contributed by atoms with Gasteiger partial charge in [-0.3, -0.25) is 0 Å². The van der Waals surface area contributed by atoms with Crippen LogP contribution < -0.4 is 5.63 Å². The number of aryl methyl sites for hydroxylation is 2. The third-order valence-corrected chi connectivity index (χ3v) is 3.20. The molecule has 0 atom stereocenters. The van der Waals surface area contributed by atoms with Crippen LogP contribution in [0.3, 0.4) is 0 Å². The van der Waals surface area contributed by atoms with Crippen LogP contribution in [0.5, 0.6) is 5.75 Å². The van der Waals surface area contributed by atoms with E-state index < -0.39 is 0 Å². The molecular weight excluding hydrogens is 216 g/mol. The molecule has 0 amide bonds. The Hall–Kier alpha value is -1.77. The Labute approximate surface area is 99.7 Å². The maximum atomic E-state index is 11.7. The van der Waals surface area contributed by atoms with Gasteiger partial charge in [0.25, 0.3) is 0 Å². The van der Waals surface area contributed by atoms with Crippen molar-refractivity contribution in [3.05, 3.63) is 39.2 Å². The lowest BCUT2D eigenvalue weighted by Crippen LogP contribution is -2.06. The maximum Gasteiger partial charge on any atom is 0.339 e. The molecule has 90 valence electrons. The molecule has 2 rings (SSSR count). The molecule has 0 saturated carbocycles. The molecule has 0 aliphatic rings. The molecule has 1 heterocycles. The highest BCUT2D eigenvalue weighted by molar-refractivity contribution is 5.85. The van der Waals surface area contributed by atoms with Gasteiger partial charge in [0.1, 0.15) is 11.3 Å². The Kier molecular flexibility index (Phi) is 2.92. The summed E-state index contributed by atoms with van der Waals surface area (Å²) in [5.41, 5.74) is 2.49. The molecule has 2 aromatic rings. The summed E-state index contributed by atoms with van der Waals surface area (Å²) in [6.45, 7) is 5.69. The van der Waals surface area contributed by atoms with Crippen molar-refractivity contribution in [1.82, 2.24) is 0 Å². The van der Waals surface area contributed by atoms with Gasteiger partial charge in [-0.15, -0.1) is 0 Å². The van der Waals surface area contributed by atoms with E-state index in [1.807, 2.05) is 13.8 Å². The van der Waals surface area contributed by atoms with Gasteiger partial charge in [0.15, 0.2) is 0 Å². The molecule has 0 saturated heterocycles. The molecule has 1 aromatic heterocycles. The zero-order valence-electron chi connectivity index (χ0n) is 10.3. The number of hydrogen-bond donors (Lipinski definition) is 1. The van der Waals surface area contributed by atoms with Crippen LogP contribution in [0.15, 0.2) is 21.3 Å². The molecule has 0 radical (unpaired) electrons. The SMILES string of the molecule is CCCc1c(O)ccc2c(C)c(C)c(=O)oc12. The summed E-state index contributed by atoms with van der Waals surface area (Å²) in [6, 6.07) is 3.47. The van der Waals surface area contributed by atoms with Crippen LogP contribution in [0.4, 0.5) is 0 Å². The molecule has 17 heavy (non-hydrogen) atoms. The molecule has 3 heteroatoms. The third-order valence-electron chi connectivity index (χ3n) is 3.20. The highest BCUT2D eigenvalue weighted by Gasteiger charge is 2.13. The minimum absolute atomic E-state index is 0.200. The van der Waals surface area contributed by atoms with E-state index in [2.05, 4.69) is 0 Å². The Morgan fingerprint density at radius 2 is 1.94 bits per heavy atom. The predicted molar refractivity (Wildman–Crippen MR) is 67.6 cm³/mol. The largest absolute Gasteiger partial charge is 0.508 e. The Morgan fingerprint density at radius 1 is 1.24 bits per heavy atom. The van der Waals surface area contributed by atoms with Crippen molar-refractivity contribution in [2.24, 2.45) is 0 Å². The van der Waals surface area contributed by atoms with E-state index >= 15 is 0 Å². The molecule has 0 fully saturated rings. The van der Waals surface area contributed by atoms with Crippen molar-refractivity contribution in [2.75, 3.05) is 0 Å². The van der Waals surface area contributed by atoms with Gasteiger partial charge in [-0.05, 0) is 38.0 Å². The van der Waals surface area contributed by atoms with E-state index in [0.717, 1.165) is 22.9 Å². The van der Waals surface area contributed by atoms with Gasteiger partial charge in [-0.1, -0.05) is 13.3 Å². The first-order chi connectivity index (χ1) is 8.06. The van der Waals surface area contributed by atoms with Crippen molar-refractivity contribution in [3.63, 3.8) is 0 Å². The first-order valence-corrected chi connectivity index (χ1v) is 5.81. The summed E-state index contributed by atoms with van der Waals surface area (Å²) >= 11 is 0. The first-order valence-electron chi connectivity index (χ1n) is 5.81. The summed E-state index contributed by atoms with van der Waals surface area (Å²) < 4.78 is 5.32. The molecule has 0 bridgehead atoms. The summed E-state index contributed by atoms with van der Waals surface area (Å²) in [5.74, 6) is 0.200. The van der Waals surface area contributed by atoms with E-state index in [1.54, 1.807) is 19.1 Å². The van der Waals surface area contributed by atoms with Crippen molar-refractivity contribution in [1.29, 1.82) is 0 Å². The average molecular weight is 232 g/mol. The van der Waals surface area contributed by atoms with E-state index in [4.69, 9.17) is 4.42 Å². The minimum atomic E-state index is -0.321. The summed E-state index contributed by atoms with van der Waals surface area (Å²) in [4.78, 5) is 11.7. The van der Waals surface area contributed by atoms with Crippen molar-refractivity contribution < 1.29 is 9.52 Å².